The predicted octanol–water partition coefficient (Wildman–Crippen LogP) is 3.04. The number of alkyl halides is 3. The Bertz CT molecular complexity index is 838. The summed E-state index contributed by atoms with van der Waals surface area (Å²) in [6.07, 6.45) is -4.20. The van der Waals surface area contributed by atoms with E-state index in [1.807, 2.05) is 6.92 Å². The van der Waals surface area contributed by atoms with E-state index in [0.717, 1.165) is 23.9 Å². The van der Waals surface area contributed by atoms with Gasteiger partial charge in [-0.1, -0.05) is 18.7 Å². The van der Waals surface area contributed by atoms with Crippen molar-refractivity contribution in [3.05, 3.63) is 39.7 Å². The van der Waals surface area contributed by atoms with Crippen molar-refractivity contribution in [3.63, 3.8) is 0 Å². The molecule has 0 radical (unpaired) electrons. The topological polar surface area (TPSA) is 103 Å². The molecule has 1 amide bonds. The lowest BCUT2D eigenvalue weighted by Gasteiger charge is -2.13. The molecule has 0 saturated heterocycles. The number of hydrogen-bond donors (Lipinski definition) is 1. The minimum absolute atomic E-state index is 0.191. The number of nitro groups is 1. The fourth-order valence-corrected chi connectivity index (χ4v) is 2.81. The van der Waals surface area contributed by atoms with Gasteiger partial charge in [-0.05, 0) is 6.07 Å². The van der Waals surface area contributed by atoms with Crippen LogP contribution in [0.2, 0.25) is 0 Å². The summed E-state index contributed by atoms with van der Waals surface area (Å²) in [5, 5.41) is 21.1. The van der Waals surface area contributed by atoms with Crippen LogP contribution in [0, 0.1) is 10.1 Å². The maximum Gasteiger partial charge on any atom is 0.418 e. The van der Waals surface area contributed by atoms with Crippen LogP contribution in [-0.2, 0) is 24.4 Å². The summed E-state index contributed by atoms with van der Waals surface area (Å²) in [7, 11) is 1.72. The molecule has 0 atom stereocenters. The number of non-ortho nitro benzene ring substituents is 1. The van der Waals surface area contributed by atoms with Gasteiger partial charge in [-0.15, -0.1) is 10.2 Å². The van der Waals surface area contributed by atoms with E-state index in [-0.39, 0.29) is 5.75 Å². The first-order valence-electron chi connectivity index (χ1n) is 7.30. The number of nitrogens with zero attached hydrogens (tertiary/aromatic N) is 4. The maximum absolute atomic E-state index is 13.1. The SMILES string of the molecule is CCc1nnc(SCC(=O)Nc2ccc([N+](=O)[O-])cc2C(F)(F)F)n1C. The Morgan fingerprint density at radius 2 is 2.08 bits per heavy atom. The number of aromatic nitrogens is 3. The number of anilines is 1. The highest BCUT2D eigenvalue weighted by atomic mass is 32.2. The van der Waals surface area contributed by atoms with Gasteiger partial charge in [0.25, 0.3) is 5.69 Å². The van der Waals surface area contributed by atoms with Gasteiger partial charge in [-0.25, -0.2) is 0 Å². The number of nitro benzene ring substituents is 1. The second-order valence-electron chi connectivity index (χ2n) is 5.13. The number of benzene rings is 1. The minimum Gasteiger partial charge on any atom is -0.325 e. The molecule has 0 spiro atoms. The van der Waals surface area contributed by atoms with Crippen molar-refractivity contribution in [2.45, 2.75) is 24.7 Å². The van der Waals surface area contributed by atoms with Crippen molar-refractivity contribution in [1.82, 2.24) is 14.8 Å². The number of thioether (sulfide) groups is 1. The Labute approximate surface area is 149 Å². The highest BCUT2D eigenvalue weighted by Gasteiger charge is 2.35. The first kappa shape index (κ1) is 19.7. The number of hydrogen-bond acceptors (Lipinski definition) is 6. The molecule has 0 saturated carbocycles. The zero-order valence-corrected chi connectivity index (χ0v) is 14.5. The van der Waals surface area contributed by atoms with Gasteiger partial charge >= 0.3 is 6.18 Å². The molecule has 1 aromatic carbocycles. The molecule has 0 aliphatic heterocycles. The number of carbonyl (C=O) groups excluding carboxylic acids is 1. The summed E-state index contributed by atoms with van der Waals surface area (Å²) < 4.78 is 40.9. The number of aryl methyl sites for hydroxylation is 1. The van der Waals surface area contributed by atoms with E-state index in [1.54, 1.807) is 11.6 Å². The number of rotatable bonds is 6. The van der Waals surface area contributed by atoms with Crippen molar-refractivity contribution in [2.24, 2.45) is 7.05 Å². The third-order valence-electron chi connectivity index (χ3n) is 3.37. The first-order valence-corrected chi connectivity index (χ1v) is 8.28. The van der Waals surface area contributed by atoms with Gasteiger partial charge in [-0.3, -0.25) is 14.9 Å². The van der Waals surface area contributed by atoms with E-state index < -0.39 is 33.9 Å². The van der Waals surface area contributed by atoms with E-state index >= 15 is 0 Å². The minimum atomic E-state index is -4.85. The normalized spacial score (nSPS) is 11.4. The third kappa shape index (κ3) is 4.50. The Balaban J connectivity index is 2.13. The molecule has 26 heavy (non-hydrogen) atoms. The van der Waals surface area contributed by atoms with Crippen molar-refractivity contribution in [2.75, 3.05) is 11.1 Å². The van der Waals surface area contributed by atoms with Gasteiger partial charge in [0.15, 0.2) is 5.16 Å². The van der Waals surface area contributed by atoms with Crippen LogP contribution in [-0.4, -0.2) is 31.3 Å². The third-order valence-corrected chi connectivity index (χ3v) is 4.39. The Hall–Kier alpha value is -2.63. The van der Waals surface area contributed by atoms with Crippen LogP contribution >= 0.6 is 11.8 Å². The molecular formula is C14H14F3N5O3S. The molecule has 1 aromatic heterocycles. The number of halogens is 3. The molecule has 8 nitrogen and oxygen atoms in total. The van der Waals surface area contributed by atoms with Gasteiger partial charge in [0.2, 0.25) is 5.91 Å². The van der Waals surface area contributed by atoms with Crippen LogP contribution in [0.15, 0.2) is 23.4 Å². The molecule has 140 valence electrons. The monoisotopic (exact) mass is 389 g/mol. The Morgan fingerprint density at radius 3 is 2.62 bits per heavy atom. The largest absolute Gasteiger partial charge is 0.418 e. The van der Waals surface area contributed by atoms with Crippen LogP contribution in [0.25, 0.3) is 0 Å². The van der Waals surface area contributed by atoms with Crippen LogP contribution in [0.1, 0.15) is 18.3 Å². The van der Waals surface area contributed by atoms with E-state index in [9.17, 15) is 28.1 Å². The predicted molar refractivity (Wildman–Crippen MR) is 87.8 cm³/mol. The lowest BCUT2D eigenvalue weighted by molar-refractivity contribution is -0.385. The molecular weight excluding hydrogens is 375 g/mol. The zero-order chi connectivity index (χ0) is 19.5. The number of carbonyl (C=O) groups is 1. The lowest BCUT2D eigenvalue weighted by atomic mass is 10.1. The second kappa shape index (κ2) is 7.72. The molecule has 12 heteroatoms. The van der Waals surface area contributed by atoms with Crippen molar-refractivity contribution in [1.29, 1.82) is 0 Å². The standard InChI is InChI=1S/C14H14F3N5O3S/c1-3-11-19-20-13(21(11)2)26-7-12(23)18-10-5-4-8(22(24)25)6-9(10)14(15,16)17/h4-6H,3,7H2,1-2H3,(H,18,23). The van der Waals surface area contributed by atoms with E-state index in [1.165, 1.54) is 0 Å². The van der Waals surface area contributed by atoms with Crippen molar-refractivity contribution >= 4 is 29.0 Å². The summed E-state index contributed by atoms with van der Waals surface area (Å²) in [5.41, 5.74) is -2.53. The summed E-state index contributed by atoms with van der Waals surface area (Å²) in [6, 6.07) is 2.15. The van der Waals surface area contributed by atoms with Crippen LogP contribution in [0.4, 0.5) is 24.5 Å². The Kier molecular flexibility index (Phi) is 5.85. The summed E-state index contributed by atoms with van der Waals surface area (Å²) in [5.74, 6) is -0.178. The average molecular weight is 389 g/mol. The van der Waals surface area contributed by atoms with E-state index in [4.69, 9.17) is 0 Å². The smallest absolute Gasteiger partial charge is 0.325 e. The molecule has 0 aliphatic rings. The van der Waals surface area contributed by atoms with Crippen LogP contribution in [0.3, 0.4) is 0 Å². The van der Waals surface area contributed by atoms with Crippen LogP contribution in [0.5, 0.6) is 0 Å². The highest BCUT2D eigenvalue weighted by molar-refractivity contribution is 7.99. The zero-order valence-electron chi connectivity index (χ0n) is 13.7. The van der Waals surface area contributed by atoms with E-state index in [0.29, 0.717) is 23.5 Å². The van der Waals surface area contributed by atoms with Gasteiger partial charge in [0, 0.05) is 25.6 Å². The van der Waals surface area contributed by atoms with Gasteiger partial charge in [-0.2, -0.15) is 13.2 Å². The quantitative estimate of drug-likeness (QED) is 0.463. The molecule has 0 fully saturated rings. The average Bonchev–Trinajstić information content (AvgIpc) is 2.92. The lowest BCUT2D eigenvalue weighted by Crippen LogP contribution is -2.18. The van der Waals surface area contributed by atoms with Gasteiger partial charge in [0.1, 0.15) is 5.82 Å². The molecule has 0 bridgehead atoms. The summed E-state index contributed by atoms with van der Waals surface area (Å²) in [4.78, 5) is 21.7. The fourth-order valence-electron chi connectivity index (χ4n) is 2.08. The number of amides is 1. The molecule has 0 aliphatic carbocycles. The summed E-state index contributed by atoms with van der Waals surface area (Å²) in [6.45, 7) is 1.89. The molecule has 1 N–H and O–H groups in total. The Morgan fingerprint density at radius 1 is 1.38 bits per heavy atom. The number of nitrogens with one attached hydrogen (secondary N) is 1. The van der Waals surface area contributed by atoms with Crippen LogP contribution < -0.4 is 5.32 Å². The molecule has 2 aromatic rings. The van der Waals surface area contributed by atoms with Crippen molar-refractivity contribution in [3.8, 4) is 0 Å². The first-order chi connectivity index (χ1) is 12.1. The fraction of sp³-hybridized carbons (Fsp3) is 0.357. The summed E-state index contributed by atoms with van der Waals surface area (Å²) >= 11 is 1.02. The van der Waals surface area contributed by atoms with Gasteiger partial charge in [0.05, 0.1) is 21.9 Å². The highest BCUT2D eigenvalue weighted by Crippen LogP contribution is 2.37. The second-order valence-corrected chi connectivity index (χ2v) is 6.08. The van der Waals surface area contributed by atoms with Gasteiger partial charge < -0.3 is 9.88 Å². The molecule has 1 heterocycles. The molecule has 0 unspecified atom stereocenters. The van der Waals surface area contributed by atoms with E-state index in [2.05, 4.69) is 15.5 Å². The van der Waals surface area contributed by atoms with Crippen molar-refractivity contribution < 1.29 is 22.9 Å². The maximum atomic E-state index is 13.1. The molecule has 2 rings (SSSR count).